The lowest BCUT2D eigenvalue weighted by Crippen LogP contribution is -2.32. The summed E-state index contributed by atoms with van der Waals surface area (Å²) in [5.74, 6) is 0.796. The van der Waals surface area contributed by atoms with Crippen LogP contribution in [0.4, 0.5) is 0 Å². The number of ether oxygens (including phenoxy) is 2. The Kier molecular flexibility index (Phi) is 5.16. The summed E-state index contributed by atoms with van der Waals surface area (Å²) in [7, 11) is 3.37. The lowest BCUT2D eigenvalue weighted by molar-refractivity contribution is 0.0920. The van der Waals surface area contributed by atoms with Crippen LogP contribution in [0.15, 0.2) is 48.5 Å². The number of amides is 1. The van der Waals surface area contributed by atoms with Gasteiger partial charge < -0.3 is 24.3 Å². The van der Waals surface area contributed by atoms with Crippen molar-refractivity contribution in [1.29, 1.82) is 0 Å². The summed E-state index contributed by atoms with van der Waals surface area (Å²) in [5.41, 5.74) is 5.20. The number of aromatic nitrogens is 2. The van der Waals surface area contributed by atoms with E-state index in [4.69, 9.17) is 9.47 Å². The largest absolute Gasteiger partial charge is 0.497 e. The van der Waals surface area contributed by atoms with Crippen LogP contribution < -0.4 is 10.1 Å². The number of methoxy groups -OCH3 is 2. The number of aryl methyl sites for hydroxylation is 1. The van der Waals surface area contributed by atoms with Gasteiger partial charge in [0.1, 0.15) is 11.4 Å². The van der Waals surface area contributed by atoms with Gasteiger partial charge in [0.2, 0.25) is 0 Å². The van der Waals surface area contributed by atoms with Crippen molar-refractivity contribution in [2.75, 3.05) is 20.8 Å². The minimum absolute atomic E-state index is 0.0384. The van der Waals surface area contributed by atoms with Crippen LogP contribution in [0.5, 0.6) is 5.75 Å². The zero-order chi connectivity index (χ0) is 21.4. The van der Waals surface area contributed by atoms with Crippen molar-refractivity contribution in [1.82, 2.24) is 14.9 Å². The number of para-hydroxylation sites is 1. The fourth-order valence-electron chi connectivity index (χ4n) is 4.77. The maximum absolute atomic E-state index is 13.4. The molecule has 31 heavy (non-hydrogen) atoms. The number of nitrogens with one attached hydrogen (secondary N) is 2. The van der Waals surface area contributed by atoms with E-state index < -0.39 is 0 Å². The van der Waals surface area contributed by atoms with E-state index in [0.717, 1.165) is 47.1 Å². The standard InChI is InChI=1S/C25H27N3O3/c1-30-13-12-28-22-9-4-3-6-16(22)14-23(28)25(29)27-21-8-5-7-18-19-15-17(31-2)10-11-20(19)26-24(18)21/h3-4,6,9-11,14-15,21,26H,5,7-8,12-13H2,1-2H3,(H,27,29)/t21-/m1/s1. The monoisotopic (exact) mass is 417 g/mol. The topological polar surface area (TPSA) is 68.3 Å². The molecule has 160 valence electrons. The van der Waals surface area contributed by atoms with Crippen molar-refractivity contribution >= 4 is 27.7 Å². The van der Waals surface area contributed by atoms with E-state index in [2.05, 4.69) is 16.4 Å². The summed E-state index contributed by atoms with van der Waals surface area (Å²) < 4.78 is 12.7. The lowest BCUT2D eigenvalue weighted by atomic mass is 9.91. The average Bonchev–Trinajstić information content (AvgIpc) is 3.36. The molecule has 0 radical (unpaired) electrons. The Labute approximate surface area is 181 Å². The van der Waals surface area contributed by atoms with Crippen molar-refractivity contribution in [2.24, 2.45) is 0 Å². The molecule has 2 N–H and O–H groups in total. The first-order chi connectivity index (χ1) is 15.2. The first-order valence-electron chi connectivity index (χ1n) is 10.8. The summed E-state index contributed by atoms with van der Waals surface area (Å²) in [4.78, 5) is 16.9. The highest BCUT2D eigenvalue weighted by Gasteiger charge is 2.27. The Morgan fingerprint density at radius 1 is 1.19 bits per heavy atom. The summed E-state index contributed by atoms with van der Waals surface area (Å²) in [6.07, 6.45) is 2.96. The Morgan fingerprint density at radius 3 is 2.90 bits per heavy atom. The Morgan fingerprint density at radius 2 is 2.06 bits per heavy atom. The fourth-order valence-corrected chi connectivity index (χ4v) is 4.77. The average molecular weight is 418 g/mol. The van der Waals surface area contributed by atoms with Crippen LogP contribution in [-0.2, 0) is 17.7 Å². The second-order valence-electron chi connectivity index (χ2n) is 8.08. The van der Waals surface area contributed by atoms with Gasteiger partial charge in [0.25, 0.3) is 5.91 Å². The Bertz CT molecular complexity index is 1250. The minimum Gasteiger partial charge on any atom is -0.497 e. The van der Waals surface area contributed by atoms with Gasteiger partial charge in [0, 0.05) is 41.2 Å². The number of aromatic amines is 1. The van der Waals surface area contributed by atoms with Gasteiger partial charge in [-0.15, -0.1) is 0 Å². The number of fused-ring (bicyclic) bond motifs is 4. The molecule has 2 aromatic carbocycles. The van der Waals surface area contributed by atoms with E-state index >= 15 is 0 Å². The van der Waals surface area contributed by atoms with Crippen molar-refractivity contribution in [3.05, 3.63) is 65.5 Å². The quantitative estimate of drug-likeness (QED) is 0.482. The third-order valence-electron chi connectivity index (χ3n) is 6.28. The number of nitrogens with zero attached hydrogens (tertiary/aromatic N) is 1. The van der Waals surface area contributed by atoms with Gasteiger partial charge in [-0.05, 0) is 55.2 Å². The molecule has 6 nitrogen and oxygen atoms in total. The maximum atomic E-state index is 13.4. The van der Waals surface area contributed by atoms with E-state index in [9.17, 15) is 4.79 Å². The van der Waals surface area contributed by atoms with Crippen molar-refractivity contribution in [3.63, 3.8) is 0 Å². The number of rotatable bonds is 6. The highest BCUT2D eigenvalue weighted by Crippen LogP contribution is 2.36. The third-order valence-corrected chi connectivity index (χ3v) is 6.28. The molecule has 1 aliphatic carbocycles. The second-order valence-corrected chi connectivity index (χ2v) is 8.08. The first-order valence-corrected chi connectivity index (χ1v) is 10.8. The summed E-state index contributed by atoms with van der Waals surface area (Å²) in [6, 6.07) is 16.1. The minimum atomic E-state index is -0.0543. The van der Waals surface area contributed by atoms with Crippen LogP contribution in [0, 0.1) is 0 Å². The van der Waals surface area contributed by atoms with Crippen molar-refractivity contribution < 1.29 is 14.3 Å². The molecular weight excluding hydrogens is 390 g/mol. The van der Waals surface area contributed by atoms with E-state index in [1.165, 1.54) is 10.9 Å². The smallest absolute Gasteiger partial charge is 0.268 e. The molecule has 4 aromatic rings. The van der Waals surface area contributed by atoms with Gasteiger partial charge in [-0.2, -0.15) is 0 Å². The van der Waals surface area contributed by atoms with Gasteiger partial charge in [-0.25, -0.2) is 0 Å². The highest BCUT2D eigenvalue weighted by atomic mass is 16.5. The number of carbonyl (C=O) groups is 1. The molecule has 0 saturated carbocycles. The molecule has 0 bridgehead atoms. The number of carbonyl (C=O) groups excluding carboxylic acids is 1. The molecule has 0 saturated heterocycles. The number of hydrogen-bond acceptors (Lipinski definition) is 3. The summed E-state index contributed by atoms with van der Waals surface area (Å²) in [6.45, 7) is 1.19. The number of H-pyrrole nitrogens is 1. The molecule has 6 heteroatoms. The first kappa shape index (κ1) is 19.7. The number of benzene rings is 2. The maximum Gasteiger partial charge on any atom is 0.268 e. The SMILES string of the molecule is COCCn1c(C(=O)N[C@@H]2CCCc3c2[nH]c2ccc(OC)cc32)cc2ccccc21. The summed E-state index contributed by atoms with van der Waals surface area (Å²) in [5, 5.41) is 5.54. The van der Waals surface area contributed by atoms with Crippen LogP contribution in [0.25, 0.3) is 21.8 Å². The molecule has 2 aromatic heterocycles. The fraction of sp³-hybridized carbons (Fsp3) is 0.320. The van der Waals surface area contributed by atoms with E-state index in [0.29, 0.717) is 18.8 Å². The van der Waals surface area contributed by atoms with Gasteiger partial charge in [-0.3, -0.25) is 4.79 Å². The molecule has 1 atom stereocenters. The lowest BCUT2D eigenvalue weighted by Gasteiger charge is -2.24. The third kappa shape index (κ3) is 3.47. The highest BCUT2D eigenvalue weighted by molar-refractivity contribution is 5.99. The predicted molar refractivity (Wildman–Crippen MR) is 122 cm³/mol. The van der Waals surface area contributed by atoms with Gasteiger partial charge in [0.15, 0.2) is 0 Å². The molecule has 2 heterocycles. The van der Waals surface area contributed by atoms with Gasteiger partial charge in [0.05, 0.1) is 19.8 Å². The van der Waals surface area contributed by atoms with Crippen LogP contribution in [-0.4, -0.2) is 36.3 Å². The van der Waals surface area contributed by atoms with E-state index in [1.54, 1.807) is 14.2 Å². The molecule has 0 spiro atoms. The molecule has 0 unspecified atom stereocenters. The van der Waals surface area contributed by atoms with Crippen LogP contribution >= 0.6 is 0 Å². The number of hydrogen-bond donors (Lipinski definition) is 2. The molecule has 0 fully saturated rings. The van der Waals surface area contributed by atoms with Gasteiger partial charge >= 0.3 is 0 Å². The molecule has 0 aliphatic heterocycles. The van der Waals surface area contributed by atoms with E-state index in [1.807, 2.05) is 47.0 Å². The normalized spacial score (nSPS) is 15.9. The Hall–Kier alpha value is -3.25. The van der Waals surface area contributed by atoms with Crippen molar-refractivity contribution in [2.45, 2.75) is 31.8 Å². The second kappa shape index (κ2) is 8.12. The van der Waals surface area contributed by atoms with Gasteiger partial charge in [-0.1, -0.05) is 18.2 Å². The Balaban J connectivity index is 1.48. The van der Waals surface area contributed by atoms with Crippen molar-refractivity contribution in [3.8, 4) is 5.75 Å². The molecular formula is C25H27N3O3. The zero-order valence-corrected chi connectivity index (χ0v) is 17.9. The van der Waals surface area contributed by atoms with E-state index in [-0.39, 0.29) is 11.9 Å². The van der Waals surface area contributed by atoms with Crippen LogP contribution in [0.1, 0.15) is 40.6 Å². The van der Waals surface area contributed by atoms with Crippen LogP contribution in [0.3, 0.4) is 0 Å². The predicted octanol–water partition coefficient (Wildman–Crippen LogP) is 4.59. The zero-order valence-electron chi connectivity index (χ0n) is 17.9. The van der Waals surface area contributed by atoms with Crippen LogP contribution in [0.2, 0.25) is 0 Å². The summed E-state index contributed by atoms with van der Waals surface area (Å²) >= 11 is 0. The molecule has 5 rings (SSSR count). The molecule has 1 aliphatic rings. The molecule has 1 amide bonds.